The summed E-state index contributed by atoms with van der Waals surface area (Å²) in [6.45, 7) is 0. The molecule has 2 N–H and O–H groups in total. The number of benzene rings is 3. The van der Waals surface area contributed by atoms with Crippen LogP contribution in [0.5, 0.6) is 5.75 Å². The number of hydrogen-bond acceptors (Lipinski definition) is 8. The van der Waals surface area contributed by atoms with Gasteiger partial charge in [0.25, 0.3) is 0 Å². The van der Waals surface area contributed by atoms with Gasteiger partial charge in [0.05, 0.1) is 38.4 Å². The highest BCUT2D eigenvalue weighted by Crippen LogP contribution is 2.52. The second-order valence-corrected chi connectivity index (χ2v) is 10.4. The van der Waals surface area contributed by atoms with Gasteiger partial charge in [0.2, 0.25) is 0 Å². The Morgan fingerprint density at radius 1 is 0.933 bits per heavy atom. The van der Waals surface area contributed by atoms with E-state index in [9.17, 15) is 27.6 Å². The van der Waals surface area contributed by atoms with Gasteiger partial charge in [-0.05, 0) is 48.4 Å². The first-order chi connectivity index (χ1) is 21.4. The molecular weight excluding hydrogens is 596 g/mol. The predicted molar refractivity (Wildman–Crippen MR) is 154 cm³/mol. The summed E-state index contributed by atoms with van der Waals surface area (Å²) in [4.78, 5) is 42.4. The summed E-state index contributed by atoms with van der Waals surface area (Å²) < 4.78 is 72.2. The van der Waals surface area contributed by atoms with Crippen molar-refractivity contribution in [3.63, 3.8) is 0 Å². The minimum Gasteiger partial charge on any atom is -0.497 e. The van der Waals surface area contributed by atoms with Crippen molar-refractivity contribution in [1.29, 1.82) is 0 Å². The molecule has 3 aromatic rings. The molecule has 0 spiro atoms. The monoisotopic (exact) mass is 624 g/mol. The van der Waals surface area contributed by atoms with Gasteiger partial charge in [-0.1, -0.05) is 36.4 Å². The van der Waals surface area contributed by atoms with Crippen LogP contribution in [0.15, 0.2) is 95.5 Å². The van der Waals surface area contributed by atoms with E-state index in [1.807, 2.05) is 0 Å². The first-order valence-electron chi connectivity index (χ1n) is 13.7. The van der Waals surface area contributed by atoms with Crippen molar-refractivity contribution in [2.75, 3.05) is 26.2 Å². The predicted octanol–water partition coefficient (Wildman–Crippen LogP) is 5.60. The van der Waals surface area contributed by atoms with Crippen molar-refractivity contribution in [1.82, 2.24) is 0 Å². The van der Waals surface area contributed by atoms with E-state index in [-0.39, 0.29) is 40.3 Å². The Balaban J connectivity index is 1.84. The highest BCUT2D eigenvalue weighted by Gasteiger charge is 2.52. The molecule has 1 heterocycles. The fourth-order valence-electron chi connectivity index (χ4n) is 6.04. The molecule has 0 saturated carbocycles. The molecule has 8 nitrogen and oxygen atoms in total. The van der Waals surface area contributed by atoms with E-state index in [1.54, 1.807) is 24.3 Å². The zero-order valence-electron chi connectivity index (χ0n) is 24.4. The van der Waals surface area contributed by atoms with Crippen LogP contribution in [0.3, 0.4) is 0 Å². The number of allylic oxidation sites excluding steroid dienone is 2. The topological polar surface area (TPSA) is 108 Å². The highest BCUT2D eigenvalue weighted by molar-refractivity contribution is 6.14. The Kier molecular flexibility index (Phi) is 8.42. The zero-order valence-corrected chi connectivity index (χ0v) is 24.4. The summed E-state index contributed by atoms with van der Waals surface area (Å²) in [6, 6.07) is 16.2. The van der Waals surface area contributed by atoms with Gasteiger partial charge in [-0.2, -0.15) is 13.2 Å². The van der Waals surface area contributed by atoms with Gasteiger partial charge in [0, 0.05) is 28.4 Å². The first-order valence-corrected chi connectivity index (χ1v) is 13.7. The molecule has 234 valence electrons. The smallest absolute Gasteiger partial charge is 0.416 e. The summed E-state index contributed by atoms with van der Waals surface area (Å²) in [5.41, 5.74) is 5.44. The number of methoxy groups -OCH3 is 3. The summed E-state index contributed by atoms with van der Waals surface area (Å²) in [5.74, 6) is -7.13. The Morgan fingerprint density at radius 3 is 2.22 bits per heavy atom. The van der Waals surface area contributed by atoms with Gasteiger partial charge in [-0.15, -0.1) is 0 Å². The molecule has 5 rings (SSSR count). The molecule has 45 heavy (non-hydrogen) atoms. The second kappa shape index (κ2) is 12.1. The molecule has 3 aromatic carbocycles. The Labute approximate surface area is 255 Å². The molecule has 1 aliphatic heterocycles. The van der Waals surface area contributed by atoms with E-state index >= 15 is 4.39 Å². The number of anilines is 1. The number of rotatable bonds is 6. The first kappa shape index (κ1) is 31.3. The summed E-state index contributed by atoms with van der Waals surface area (Å²) >= 11 is 0. The number of ketones is 1. The van der Waals surface area contributed by atoms with Crippen LogP contribution in [-0.4, -0.2) is 39.1 Å². The SMILES string of the molecule is COC(=O)C1=C(N)N(c2cccc(C(F)(F)F)c2)C2=C(C(=O)[C@H](C(=O)OC)[C@@H](c3ccc(OC)cc3)C2)[C@H]1c1ccccc1F. The van der Waals surface area contributed by atoms with Gasteiger partial charge in [-0.25, -0.2) is 9.18 Å². The number of ether oxygens (including phenoxy) is 3. The van der Waals surface area contributed by atoms with Gasteiger partial charge in [0.1, 0.15) is 23.3 Å². The summed E-state index contributed by atoms with van der Waals surface area (Å²) in [6.07, 6.45) is -4.85. The van der Waals surface area contributed by atoms with Crippen molar-refractivity contribution in [2.24, 2.45) is 11.7 Å². The normalized spacial score (nSPS) is 20.1. The quantitative estimate of drug-likeness (QED) is 0.215. The van der Waals surface area contributed by atoms with Gasteiger partial charge in [-0.3, -0.25) is 14.5 Å². The lowest BCUT2D eigenvalue weighted by Crippen LogP contribution is -2.46. The van der Waals surface area contributed by atoms with Crippen LogP contribution >= 0.6 is 0 Å². The number of Topliss-reactive ketones (excluding diaryl/α,β-unsaturated/α-hetero) is 1. The maximum Gasteiger partial charge on any atom is 0.416 e. The average Bonchev–Trinajstić information content (AvgIpc) is 3.03. The molecule has 0 amide bonds. The lowest BCUT2D eigenvalue weighted by atomic mass is 9.67. The minimum atomic E-state index is -4.73. The van der Waals surface area contributed by atoms with Crippen LogP contribution in [0.4, 0.5) is 23.2 Å². The molecule has 0 aromatic heterocycles. The number of nitrogens with two attached hydrogens (primary N) is 1. The lowest BCUT2D eigenvalue weighted by molar-refractivity contribution is -0.150. The standard InChI is InChI=1S/C33H28F4N2O6/c1-43-20-13-11-17(12-14-20)22-16-24-27(29(40)26(22)31(41)44-2)25(21-9-4-5-10-23(21)34)28(32(42)45-3)30(38)39(24)19-8-6-7-18(15-19)33(35,36)37/h4-15,22,25-26H,16,38H2,1-3H3/t22-,25-,26-/m1/s1. The molecule has 3 atom stereocenters. The van der Waals surface area contributed by atoms with E-state index < -0.39 is 53.0 Å². The van der Waals surface area contributed by atoms with Crippen LogP contribution in [0.25, 0.3) is 0 Å². The Morgan fingerprint density at radius 2 is 1.62 bits per heavy atom. The number of hydrogen-bond donors (Lipinski definition) is 1. The molecule has 0 bridgehead atoms. The third-order valence-corrected chi connectivity index (χ3v) is 8.09. The van der Waals surface area contributed by atoms with Crippen molar-refractivity contribution in [3.8, 4) is 5.75 Å². The number of alkyl halides is 3. The van der Waals surface area contributed by atoms with E-state index in [0.717, 1.165) is 38.5 Å². The molecular formula is C33H28F4N2O6. The molecule has 12 heteroatoms. The number of esters is 2. The van der Waals surface area contributed by atoms with Gasteiger partial charge < -0.3 is 19.9 Å². The fourth-order valence-corrected chi connectivity index (χ4v) is 6.04. The number of nitrogens with zero attached hydrogens (tertiary/aromatic N) is 1. The molecule has 0 saturated heterocycles. The summed E-state index contributed by atoms with van der Waals surface area (Å²) in [7, 11) is 3.64. The maximum atomic E-state index is 15.5. The largest absolute Gasteiger partial charge is 0.497 e. The third-order valence-electron chi connectivity index (χ3n) is 8.09. The van der Waals surface area contributed by atoms with Crippen LogP contribution in [0.1, 0.15) is 34.9 Å². The molecule has 0 unspecified atom stereocenters. The molecule has 1 aliphatic carbocycles. The lowest BCUT2D eigenvalue weighted by Gasteiger charge is -2.44. The summed E-state index contributed by atoms with van der Waals surface area (Å²) in [5, 5.41) is 0. The van der Waals surface area contributed by atoms with E-state index in [1.165, 1.54) is 36.3 Å². The average molecular weight is 625 g/mol. The molecule has 0 radical (unpaired) electrons. The van der Waals surface area contributed by atoms with Crippen LogP contribution in [0, 0.1) is 11.7 Å². The van der Waals surface area contributed by atoms with Crippen molar-refractivity contribution >= 4 is 23.4 Å². The van der Waals surface area contributed by atoms with Crippen molar-refractivity contribution in [3.05, 3.63) is 118 Å². The zero-order chi connectivity index (χ0) is 32.6. The fraction of sp³-hybridized carbons (Fsp3) is 0.242. The third kappa shape index (κ3) is 5.52. The van der Waals surface area contributed by atoms with E-state index in [2.05, 4.69) is 0 Å². The van der Waals surface area contributed by atoms with Crippen LogP contribution in [0.2, 0.25) is 0 Å². The van der Waals surface area contributed by atoms with Crippen molar-refractivity contribution in [2.45, 2.75) is 24.4 Å². The van der Waals surface area contributed by atoms with Crippen LogP contribution in [-0.2, 0) is 30.0 Å². The highest BCUT2D eigenvalue weighted by atomic mass is 19.4. The number of carbonyl (C=O) groups is 3. The second-order valence-electron chi connectivity index (χ2n) is 10.4. The molecule has 0 fully saturated rings. The Bertz CT molecular complexity index is 1730. The number of halogens is 4. The van der Waals surface area contributed by atoms with Gasteiger partial charge in [0.15, 0.2) is 5.78 Å². The van der Waals surface area contributed by atoms with E-state index in [0.29, 0.717) is 11.3 Å². The minimum absolute atomic E-state index is 0.0960. The van der Waals surface area contributed by atoms with Crippen LogP contribution < -0.4 is 15.4 Å². The maximum absolute atomic E-state index is 15.5. The molecule has 2 aliphatic rings. The van der Waals surface area contributed by atoms with Gasteiger partial charge >= 0.3 is 18.1 Å². The Hall–Kier alpha value is -5.13. The van der Waals surface area contributed by atoms with Crippen molar-refractivity contribution < 1.29 is 46.2 Å². The van der Waals surface area contributed by atoms with E-state index in [4.69, 9.17) is 19.9 Å². The number of carbonyl (C=O) groups excluding carboxylic acids is 3.